The van der Waals surface area contributed by atoms with Crippen LogP contribution in [-0.2, 0) is 9.84 Å². The van der Waals surface area contributed by atoms with Crippen molar-refractivity contribution in [1.82, 2.24) is 4.98 Å². The molecule has 1 aromatic carbocycles. The molecule has 1 aromatic heterocycles. The topological polar surface area (TPSA) is 76.1 Å². The van der Waals surface area contributed by atoms with Gasteiger partial charge < -0.3 is 0 Å². The summed E-state index contributed by atoms with van der Waals surface area (Å²) >= 11 is 1.36. The van der Waals surface area contributed by atoms with Crippen molar-refractivity contribution in [3.05, 3.63) is 40.4 Å². The summed E-state index contributed by atoms with van der Waals surface area (Å²) in [6.45, 7) is 5.82. The summed E-state index contributed by atoms with van der Waals surface area (Å²) in [5.41, 5.74) is 1.97. The van der Waals surface area contributed by atoms with Gasteiger partial charge in [0.1, 0.15) is 0 Å². The molecule has 118 valence electrons. The number of anilines is 1. The van der Waals surface area contributed by atoms with Crippen LogP contribution in [0.25, 0.3) is 0 Å². The summed E-state index contributed by atoms with van der Waals surface area (Å²) < 4.78 is 23.2. The van der Waals surface area contributed by atoms with Crippen molar-refractivity contribution in [3.63, 3.8) is 0 Å². The average molecular weight is 338 g/mol. The third-order valence-corrected chi connectivity index (χ3v) is 5.10. The Morgan fingerprint density at radius 1 is 1.32 bits per heavy atom. The van der Waals surface area contributed by atoms with Crippen LogP contribution in [-0.4, -0.2) is 25.6 Å². The van der Waals surface area contributed by atoms with Gasteiger partial charge in [0.25, 0.3) is 5.91 Å². The minimum Gasteiger partial charge on any atom is -0.298 e. The zero-order valence-electron chi connectivity index (χ0n) is 12.9. The van der Waals surface area contributed by atoms with E-state index in [1.165, 1.54) is 23.5 Å². The van der Waals surface area contributed by atoms with Crippen molar-refractivity contribution < 1.29 is 13.2 Å². The molecule has 1 N–H and O–H groups in total. The van der Waals surface area contributed by atoms with Crippen LogP contribution in [0.3, 0.4) is 0 Å². The first kappa shape index (κ1) is 16.6. The van der Waals surface area contributed by atoms with Crippen LogP contribution in [0.4, 0.5) is 5.13 Å². The Morgan fingerprint density at radius 3 is 2.55 bits per heavy atom. The highest BCUT2D eigenvalue weighted by molar-refractivity contribution is 7.90. The Kier molecular flexibility index (Phi) is 4.67. The van der Waals surface area contributed by atoms with E-state index in [4.69, 9.17) is 0 Å². The van der Waals surface area contributed by atoms with E-state index in [0.29, 0.717) is 16.3 Å². The van der Waals surface area contributed by atoms with Gasteiger partial charge in [-0.25, -0.2) is 13.4 Å². The fraction of sp³-hybridized carbons (Fsp3) is 0.333. The number of nitrogens with one attached hydrogen (secondary N) is 1. The number of thiazole rings is 1. The number of hydrogen-bond donors (Lipinski definition) is 1. The Morgan fingerprint density at radius 2 is 2.00 bits per heavy atom. The maximum absolute atomic E-state index is 12.4. The first-order valence-corrected chi connectivity index (χ1v) is 9.53. The number of nitrogens with zero attached hydrogens (tertiary/aromatic N) is 1. The molecule has 0 aliphatic carbocycles. The maximum Gasteiger partial charge on any atom is 0.257 e. The Balaban J connectivity index is 2.29. The lowest BCUT2D eigenvalue weighted by Gasteiger charge is -2.07. The summed E-state index contributed by atoms with van der Waals surface area (Å²) in [5.74, 6) is -0.0649. The molecular weight excluding hydrogens is 320 g/mol. The molecule has 22 heavy (non-hydrogen) atoms. The van der Waals surface area contributed by atoms with Gasteiger partial charge in [-0.2, -0.15) is 0 Å². The van der Waals surface area contributed by atoms with Crippen molar-refractivity contribution in [2.75, 3.05) is 11.6 Å². The van der Waals surface area contributed by atoms with Crippen molar-refractivity contribution >= 4 is 32.2 Å². The smallest absolute Gasteiger partial charge is 0.257 e. The zero-order chi connectivity index (χ0) is 16.5. The van der Waals surface area contributed by atoms with E-state index in [2.05, 4.69) is 10.3 Å². The van der Waals surface area contributed by atoms with Crippen molar-refractivity contribution in [3.8, 4) is 0 Å². The number of rotatable bonds is 4. The van der Waals surface area contributed by atoms with E-state index in [9.17, 15) is 13.2 Å². The largest absolute Gasteiger partial charge is 0.298 e. The van der Waals surface area contributed by atoms with Gasteiger partial charge in [0.2, 0.25) is 0 Å². The van der Waals surface area contributed by atoms with Crippen LogP contribution in [0, 0.1) is 6.92 Å². The van der Waals surface area contributed by atoms with E-state index >= 15 is 0 Å². The quantitative estimate of drug-likeness (QED) is 0.928. The van der Waals surface area contributed by atoms with Crippen molar-refractivity contribution in [2.45, 2.75) is 31.6 Å². The van der Waals surface area contributed by atoms with Crippen LogP contribution in [0.1, 0.15) is 41.4 Å². The SMILES string of the molecule is Cc1ccc(S(C)(=O)=O)cc1C(=O)Nc1nc(C(C)C)cs1. The molecule has 0 spiro atoms. The summed E-state index contributed by atoms with van der Waals surface area (Å²) in [7, 11) is -3.35. The van der Waals surface area contributed by atoms with Gasteiger partial charge in [-0.1, -0.05) is 19.9 Å². The molecule has 2 aromatic rings. The van der Waals surface area contributed by atoms with E-state index in [-0.39, 0.29) is 16.7 Å². The molecule has 0 radical (unpaired) electrons. The molecule has 0 aliphatic rings. The van der Waals surface area contributed by atoms with Crippen molar-refractivity contribution in [1.29, 1.82) is 0 Å². The lowest BCUT2D eigenvalue weighted by molar-refractivity contribution is 0.102. The number of carbonyl (C=O) groups excluding carboxylic acids is 1. The predicted octanol–water partition coefficient (Wildman–Crippen LogP) is 3.23. The standard InChI is InChI=1S/C15H18N2O3S2/c1-9(2)13-8-21-15(16-13)17-14(18)12-7-11(22(4,19)20)6-5-10(12)3/h5-9H,1-4H3,(H,16,17,18). The summed E-state index contributed by atoms with van der Waals surface area (Å²) in [4.78, 5) is 16.8. The van der Waals surface area contributed by atoms with Crippen LogP contribution >= 0.6 is 11.3 Å². The molecule has 2 rings (SSSR count). The summed E-state index contributed by atoms with van der Waals surface area (Å²) in [5, 5.41) is 5.14. The van der Waals surface area contributed by atoms with Gasteiger partial charge in [0.05, 0.1) is 10.6 Å². The van der Waals surface area contributed by atoms with Gasteiger partial charge >= 0.3 is 0 Å². The molecule has 1 heterocycles. The normalized spacial score (nSPS) is 11.7. The van der Waals surface area contributed by atoms with Crippen LogP contribution in [0.5, 0.6) is 0 Å². The third kappa shape index (κ3) is 3.72. The van der Waals surface area contributed by atoms with E-state index < -0.39 is 9.84 Å². The summed E-state index contributed by atoms with van der Waals surface area (Å²) in [6.07, 6.45) is 1.12. The number of benzene rings is 1. The summed E-state index contributed by atoms with van der Waals surface area (Å²) in [6, 6.07) is 4.53. The van der Waals surface area contributed by atoms with E-state index in [0.717, 1.165) is 11.9 Å². The van der Waals surface area contributed by atoms with Gasteiger partial charge in [-0.15, -0.1) is 11.3 Å². The first-order chi connectivity index (χ1) is 10.2. The second kappa shape index (κ2) is 6.18. The number of aryl methyl sites for hydroxylation is 1. The number of amides is 1. The Hall–Kier alpha value is -1.73. The van der Waals surface area contributed by atoms with Crippen LogP contribution in [0.2, 0.25) is 0 Å². The molecule has 0 aliphatic heterocycles. The van der Waals surface area contributed by atoms with Crippen LogP contribution in [0.15, 0.2) is 28.5 Å². The zero-order valence-corrected chi connectivity index (χ0v) is 14.5. The fourth-order valence-corrected chi connectivity index (χ4v) is 3.36. The predicted molar refractivity (Wildman–Crippen MR) is 88.4 cm³/mol. The molecule has 0 atom stereocenters. The Bertz CT molecular complexity index is 808. The second-order valence-corrected chi connectivity index (χ2v) is 8.31. The Labute approximate surface area is 134 Å². The highest BCUT2D eigenvalue weighted by Gasteiger charge is 2.16. The average Bonchev–Trinajstić information content (AvgIpc) is 2.86. The lowest BCUT2D eigenvalue weighted by atomic mass is 10.1. The highest BCUT2D eigenvalue weighted by Crippen LogP contribution is 2.23. The van der Waals surface area contributed by atoms with Crippen LogP contribution < -0.4 is 5.32 Å². The van der Waals surface area contributed by atoms with Gasteiger partial charge in [-0.3, -0.25) is 10.1 Å². The second-order valence-electron chi connectivity index (χ2n) is 5.44. The molecule has 0 unspecified atom stereocenters. The molecule has 7 heteroatoms. The maximum atomic E-state index is 12.4. The molecule has 0 bridgehead atoms. The fourth-order valence-electron chi connectivity index (χ4n) is 1.85. The molecular formula is C15H18N2O3S2. The highest BCUT2D eigenvalue weighted by atomic mass is 32.2. The molecule has 5 nitrogen and oxygen atoms in total. The number of aromatic nitrogens is 1. The first-order valence-electron chi connectivity index (χ1n) is 6.76. The number of hydrogen-bond acceptors (Lipinski definition) is 5. The molecule has 0 saturated heterocycles. The van der Waals surface area contributed by atoms with Gasteiger partial charge in [-0.05, 0) is 30.5 Å². The number of sulfone groups is 1. The van der Waals surface area contributed by atoms with Crippen molar-refractivity contribution in [2.24, 2.45) is 0 Å². The van der Waals surface area contributed by atoms with E-state index in [1.807, 2.05) is 19.2 Å². The van der Waals surface area contributed by atoms with E-state index in [1.54, 1.807) is 13.0 Å². The monoisotopic (exact) mass is 338 g/mol. The molecule has 0 saturated carbocycles. The molecule has 0 fully saturated rings. The van der Waals surface area contributed by atoms with Gasteiger partial charge in [0, 0.05) is 17.2 Å². The van der Waals surface area contributed by atoms with Gasteiger partial charge in [0.15, 0.2) is 15.0 Å². The molecule has 1 amide bonds. The third-order valence-electron chi connectivity index (χ3n) is 3.22. The minimum atomic E-state index is -3.35. The minimum absolute atomic E-state index is 0.130. The number of carbonyl (C=O) groups is 1. The lowest BCUT2D eigenvalue weighted by Crippen LogP contribution is -2.14.